The number of hydrogen-bond donors (Lipinski definition) is 2. The quantitative estimate of drug-likeness (QED) is 0.0650. The lowest BCUT2D eigenvalue weighted by Gasteiger charge is -2.26. The van der Waals surface area contributed by atoms with Gasteiger partial charge in [0.05, 0.1) is 11.3 Å². The van der Waals surface area contributed by atoms with Crippen molar-refractivity contribution in [3.8, 4) is 5.75 Å². The van der Waals surface area contributed by atoms with Crippen molar-refractivity contribution in [1.82, 2.24) is 15.5 Å². The Hall–Kier alpha value is -6.12. The van der Waals surface area contributed by atoms with Crippen LogP contribution in [0.2, 0.25) is 5.02 Å². The molecule has 0 bridgehead atoms. The van der Waals surface area contributed by atoms with Crippen LogP contribution in [0.5, 0.6) is 5.75 Å². The predicted molar refractivity (Wildman–Crippen MR) is 228 cm³/mol. The van der Waals surface area contributed by atoms with Crippen LogP contribution in [0.1, 0.15) is 117 Å². The first-order chi connectivity index (χ1) is 28.5. The molecule has 0 saturated carbocycles. The molecule has 336 valence electrons. The number of benzene rings is 3. The van der Waals surface area contributed by atoms with Crippen LogP contribution in [0.15, 0.2) is 65.7 Å². The summed E-state index contributed by atoms with van der Waals surface area (Å²) in [6, 6.07) is 15.1. The Kier molecular flexibility index (Phi) is 18.6. The molecule has 3 aromatic carbocycles. The van der Waals surface area contributed by atoms with E-state index in [-0.39, 0.29) is 71.4 Å². The molecule has 3 rings (SSSR count). The van der Waals surface area contributed by atoms with Crippen molar-refractivity contribution in [2.45, 2.75) is 125 Å². The molecule has 0 radical (unpaired) electrons. The highest BCUT2D eigenvalue weighted by Crippen LogP contribution is 2.27. The molecule has 15 nitrogen and oxygen atoms in total. The van der Waals surface area contributed by atoms with Crippen LogP contribution >= 0.6 is 11.6 Å². The van der Waals surface area contributed by atoms with E-state index in [9.17, 15) is 28.4 Å². The third kappa shape index (κ3) is 20.0. The van der Waals surface area contributed by atoms with Crippen LogP contribution in [0, 0.1) is 5.82 Å². The maximum atomic E-state index is 14.6. The maximum Gasteiger partial charge on any atom is 0.414 e. The van der Waals surface area contributed by atoms with Crippen molar-refractivity contribution in [2.75, 3.05) is 6.54 Å². The number of rotatable bonds is 10. The number of carbonyl (C=O) groups excluding carboxylic acids is 7. The van der Waals surface area contributed by atoms with Gasteiger partial charge in [-0.05, 0) is 139 Å². The fourth-order valence-corrected chi connectivity index (χ4v) is 5.47. The minimum absolute atomic E-state index is 0.0119. The number of esters is 2. The topological polar surface area (TPSA) is 196 Å². The van der Waals surface area contributed by atoms with Crippen molar-refractivity contribution in [3.05, 3.63) is 93.8 Å². The Bertz CT molecular complexity index is 2110. The van der Waals surface area contributed by atoms with Crippen molar-refractivity contribution < 1.29 is 56.9 Å². The molecule has 0 saturated heterocycles. The number of carbonyl (C=O) groups is 5. The van der Waals surface area contributed by atoms with Crippen LogP contribution in [-0.4, -0.2) is 70.4 Å². The number of aliphatic imine (C=N–C) groups is 1. The van der Waals surface area contributed by atoms with Gasteiger partial charge in [0.25, 0.3) is 0 Å². The molecule has 0 aliphatic carbocycles. The second-order valence-corrected chi connectivity index (χ2v) is 18.3. The summed E-state index contributed by atoms with van der Waals surface area (Å²) < 4.78 is 36.2. The van der Waals surface area contributed by atoms with E-state index in [0.717, 1.165) is 5.56 Å². The number of halogens is 2. The molecule has 3 amide bonds. The molecule has 0 atom stereocenters. The first kappa shape index (κ1) is 52.0. The average Bonchev–Trinajstić information content (AvgIpc) is 3.08. The van der Waals surface area contributed by atoms with E-state index in [1.54, 1.807) is 74.4 Å². The molecule has 0 aliphatic heterocycles. The van der Waals surface area contributed by atoms with Crippen LogP contribution in [0.3, 0.4) is 0 Å². The Morgan fingerprint density at radius 2 is 1.27 bits per heavy atom. The van der Waals surface area contributed by atoms with E-state index in [2.05, 4.69) is 15.6 Å². The second kappa shape index (κ2) is 22.1. The molecule has 0 aliphatic rings. The zero-order valence-electron chi connectivity index (χ0n) is 37.2. The molecule has 17 heteroatoms. The fourth-order valence-electron chi connectivity index (χ4n) is 5.21. The zero-order chi connectivity index (χ0) is 47.2. The van der Waals surface area contributed by atoms with E-state index in [0.29, 0.717) is 11.1 Å². The van der Waals surface area contributed by atoms with Gasteiger partial charge in [0.2, 0.25) is 11.9 Å². The average molecular weight is 883 g/mol. The van der Waals surface area contributed by atoms with E-state index >= 15 is 0 Å². The van der Waals surface area contributed by atoms with E-state index in [4.69, 9.17) is 40.1 Å². The third-order valence-corrected chi connectivity index (χ3v) is 8.07. The highest BCUT2D eigenvalue weighted by atomic mass is 35.5. The fraction of sp³-hybridized carbons (Fsp3) is 0.444. The number of alkyl carbamates (subject to hydrolysis) is 2. The summed E-state index contributed by atoms with van der Waals surface area (Å²) in [7, 11) is 0. The molecule has 0 aromatic heterocycles. The van der Waals surface area contributed by atoms with E-state index in [1.165, 1.54) is 47.4 Å². The zero-order valence-corrected chi connectivity index (χ0v) is 38.0. The summed E-state index contributed by atoms with van der Waals surface area (Å²) in [5.74, 6) is -2.23. The van der Waals surface area contributed by atoms with Gasteiger partial charge >= 0.3 is 30.3 Å². The monoisotopic (exact) mass is 882 g/mol. The van der Waals surface area contributed by atoms with Crippen molar-refractivity contribution in [2.24, 2.45) is 4.99 Å². The SMILES string of the molecule is CC(C)(C)OC(=O)CN(Cc1cc(F)cc(C(C)(C)C)c1)C(=O)CCc1ccc(OC(=O)c2ccc(N=C(NC(=O)OC(C)(C)C)NC(=O)OC(C)(C)C)cc2)cc1Cl.O=C=O. The lowest BCUT2D eigenvalue weighted by atomic mass is 9.86. The predicted octanol–water partition coefficient (Wildman–Crippen LogP) is 8.75. The van der Waals surface area contributed by atoms with Gasteiger partial charge in [0, 0.05) is 18.0 Å². The molecule has 0 fully saturated rings. The third-order valence-electron chi connectivity index (χ3n) is 7.72. The van der Waals surface area contributed by atoms with Crippen LogP contribution in [-0.2, 0) is 51.8 Å². The number of nitrogens with one attached hydrogen (secondary N) is 2. The van der Waals surface area contributed by atoms with Crippen molar-refractivity contribution >= 4 is 59.4 Å². The largest absolute Gasteiger partial charge is 0.459 e. The molecule has 0 heterocycles. The smallest absolute Gasteiger partial charge is 0.414 e. The summed E-state index contributed by atoms with van der Waals surface area (Å²) in [6.45, 7) is 20.8. The van der Waals surface area contributed by atoms with Gasteiger partial charge in [-0.25, -0.2) is 23.8 Å². The summed E-state index contributed by atoms with van der Waals surface area (Å²) in [5, 5.41) is 5.03. The summed E-state index contributed by atoms with van der Waals surface area (Å²) in [5.41, 5.74) is -0.435. The first-order valence-electron chi connectivity index (χ1n) is 19.4. The van der Waals surface area contributed by atoms with Gasteiger partial charge < -0.3 is 23.8 Å². The van der Waals surface area contributed by atoms with E-state index < -0.39 is 46.7 Å². The number of amides is 3. The van der Waals surface area contributed by atoms with Crippen molar-refractivity contribution in [3.63, 3.8) is 0 Å². The summed E-state index contributed by atoms with van der Waals surface area (Å²) >= 11 is 6.57. The highest BCUT2D eigenvalue weighted by Gasteiger charge is 2.25. The number of aryl methyl sites for hydroxylation is 1. The molecule has 2 N–H and O–H groups in total. The standard InChI is InChI=1S/C44H56ClFN4O9.CO2/c1-41(2,3)30-21-27(22-31(46)23-30)25-50(26-36(52)57-42(4,5)6)35(51)20-16-28-15-19-33(24-34(28)45)56-37(53)29-13-17-32(18-14-29)47-38(48-39(54)58-43(7,8)9)49-40(55)59-44(10,11)12;2-1-3/h13-15,17-19,21-24H,16,20,25-26H2,1-12H3,(H2,47,48,49,54,55);. The van der Waals surface area contributed by atoms with Gasteiger partial charge in [-0.15, -0.1) is 0 Å². The Morgan fingerprint density at radius 3 is 1.76 bits per heavy atom. The van der Waals surface area contributed by atoms with Crippen LogP contribution in [0.25, 0.3) is 0 Å². The molecule has 3 aromatic rings. The highest BCUT2D eigenvalue weighted by molar-refractivity contribution is 6.31. The lowest BCUT2D eigenvalue weighted by Crippen LogP contribution is -2.47. The van der Waals surface area contributed by atoms with Gasteiger partial charge in [0.15, 0.2) is 0 Å². The maximum absolute atomic E-state index is 14.6. The number of nitrogens with zero attached hydrogens (tertiary/aromatic N) is 2. The molecular formula is C45H56ClFN4O11. The number of guanidine groups is 1. The first-order valence-corrected chi connectivity index (χ1v) is 19.8. The second-order valence-electron chi connectivity index (χ2n) is 17.9. The Labute approximate surface area is 366 Å². The lowest BCUT2D eigenvalue weighted by molar-refractivity contribution is -0.191. The Morgan fingerprint density at radius 1 is 0.742 bits per heavy atom. The van der Waals surface area contributed by atoms with Crippen LogP contribution < -0.4 is 15.4 Å². The van der Waals surface area contributed by atoms with Gasteiger partial charge in [-0.2, -0.15) is 9.59 Å². The minimum Gasteiger partial charge on any atom is -0.459 e. The van der Waals surface area contributed by atoms with Gasteiger partial charge in [-0.1, -0.05) is 44.5 Å². The van der Waals surface area contributed by atoms with Crippen molar-refractivity contribution in [1.29, 1.82) is 0 Å². The molecule has 0 unspecified atom stereocenters. The normalized spacial score (nSPS) is 11.4. The minimum atomic E-state index is -0.862. The van der Waals surface area contributed by atoms with Gasteiger partial charge in [0.1, 0.15) is 34.9 Å². The number of ether oxygens (including phenoxy) is 4. The van der Waals surface area contributed by atoms with Crippen LogP contribution in [0.4, 0.5) is 19.7 Å². The Balaban J connectivity index is 0.00000428. The molecule has 62 heavy (non-hydrogen) atoms. The van der Waals surface area contributed by atoms with Gasteiger partial charge in [-0.3, -0.25) is 20.2 Å². The summed E-state index contributed by atoms with van der Waals surface area (Å²) in [6.07, 6.45) is -1.30. The molecular weight excluding hydrogens is 827 g/mol. The number of hydrogen-bond acceptors (Lipinski definition) is 12. The summed E-state index contributed by atoms with van der Waals surface area (Å²) in [4.78, 5) is 86.2. The molecule has 0 spiro atoms. The van der Waals surface area contributed by atoms with E-state index in [1.807, 2.05) is 26.8 Å².